The van der Waals surface area contributed by atoms with E-state index in [0.29, 0.717) is 5.92 Å². The van der Waals surface area contributed by atoms with E-state index in [2.05, 4.69) is 31.2 Å². The topological polar surface area (TPSA) is 20.2 Å². The van der Waals surface area contributed by atoms with Gasteiger partial charge in [0.2, 0.25) is 0 Å². The van der Waals surface area contributed by atoms with E-state index in [4.69, 9.17) is 0 Å². The monoisotopic (exact) mass is 192 g/mol. The Morgan fingerprint density at radius 3 is 2.21 bits per heavy atom. The van der Waals surface area contributed by atoms with E-state index in [1.165, 1.54) is 5.56 Å². The summed E-state index contributed by atoms with van der Waals surface area (Å²) < 4.78 is 0. The molecule has 0 aliphatic rings. The Balaban J connectivity index is 2.63. The fourth-order valence-corrected chi connectivity index (χ4v) is 1.76. The van der Waals surface area contributed by atoms with Crippen LogP contribution in [0.15, 0.2) is 30.3 Å². The van der Waals surface area contributed by atoms with Gasteiger partial charge in [-0.1, -0.05) is 44.2 Å². The van der Waals surface area contributed by atoms with Crippen LogP contribution in [0, 0.1) is 0 Å². The van der Waals surface area contributed by atoms with Gasteiger partial charge in [-0.3, -0.25) is 0 Å². The van der Waals surface area contributed by atoms with Gasteiger partial charge in [-0.25, -0.2) is 0 Å². The van der Waals surface area contributed by atoms with Crippen LogP contribution in [0.1, 0.15) is 44.6 Å². The van der Waals surface area contributed by atoms with Gasteiger partial charge < -0.3 is 5.11 Å². The van der Waals surface area contributed by atoms with Crippen LogP contribution in [0.25, 0.3) is 0 Å². The van der Waals surface area contributed by atoms with Gasteiger partial charge in [-0.2, -0.15) is 0 Å². The van der Waals surface area contributed by atoms with E-state index >= 15 is 0 Å². The van der Waals surface area contributed by atoms with Crippen molar-refractivity contribution in [2.24, 2.45) is 0 Å². The van der Waals surface area contributed by atoms with Crippen molar-refractivity contribution < 1.29 is 5.11 Å². The lowest BCUT2D eigenvalue weighted by Crippen LogP contribution is -2.10. The zero-order valence-corrected chi connectivity index (χ0v) is 9.11. The molecule has 1 N–H and O–H groups in total. The number of aliphatic hydroxyl groups is 1. The van der Waals surface area contributed by atoms with Gasteiger partial charge in [0, 0.05) is 0 Å². The molecule has 0 heterocycles. The summed E-state index contributed by atoms with van der Waals surface area (Å²) in [6.07, 6.45) is 2.68. The maximum atomic E-state index is 9.62. The number of rotatable bonds is 5. The van der Waals surface area contributed by atoms with Crippen LogP contribution in [0.5, 0.6) is 0 Å². The first-order valence-corrected chi connectivity index (χ1v) is 5.50. The maximum Gasteiger partial charge on any atom is 0.0543 e. The summed E-state index contributed by atoms with van der Waals surface area (Å²) in [5, 5.41) is 9.62. The average Bonchev–Trinajstić information content (AvgIpc) is 2.26. The van der Waals surface area contributed by atoms with Gasteiger partial charge in [-0.15, -0.1) is 0 Å². The second-order valence-corrected chi connectivity index (χ2v) is 3.81. The SMILES string of the molecule is CCC(O)CC(CC)c1ccccc1. The highest BCUT2D eigenvalue weighted by Crippen LogP contribution is 2.25. The molecule has 1 aromatic rings. The fourth-order valence-electron chi connectivity index (χ4n) is 1.76. The molecule has 1 nitrogen and oxygen atoms in total. The first-order valence-electron chi connectivity index (χ1n) is 5.50. The molecular formula is C13H20O. The second-order valence-electron chi connectivity index (χ2n) is 3.81. The number of hydrogen-bond acceptors (Lipinski definition) is 1. The van der Waals surface area contributed by atoms with Crippen molar-refractivity contribution in [1.29, 1.82) is 0 Å². The fraction of sp³-hybridized carbons (Fsp3) is 0.538. The normalized spacial score (nSPS) is 15.1. The van der Waals surface area contributed by atoms with Crippen molar-refractivity contribution in [2.75, 3.05) is 0 Å². The summed E-state index contributed by atoms with van der Waals surface area (Å²) in [5.41, 5.74) is 1.35. The van der Waals surface area contributed by atoms with E-state index < -0.39 is 0 Å². The zero-order valence-electron chi connectivity index (χ0n) is 9.11. The molecule has 0 amide bonds. The highest BCUT2D eigenvalue weighted by atomic mass is 16.3. The molecule has 0 bridgehead atoms. The zero-order chi connectivity index (χ0) is 10.4. The van der Waals surface area contributed by atoms with E-state index in [9.17, 15) is 5.11 Å². The van der Waals surface area contributed by atoms with E-state index in [-0.39, 0.29) is 6.10 Å². The third-order valence-electron chi connectivity index (χ3n) is 2.79. The highest BCUT2D eigenvalue weighted by Gasteiger charge is 2.12. The van der Waals surface area contributed by atoms with Gasteiger partial charge in [0.25, 0.3) is 0 Å². The van der Waals surface area contributed by atoms with Crippen LogP contribution in [0.4, 0.5) is 0 Å². The Labute approximate surface area is 86.8 Å². The summed E-state index contributed by atoms with van der Waals surface area (Å²) in [6, 6.07) is 10.5. The molecule has 2 atom stereocenters. The predicted molar refractivity (Wildman–Crippen MR) is 60.4 cm³/mol. The van der Waals surface area contributed by atoms with Crippen LogP contribution in [-0.4, -0.2) is 11.2 Å². The van der Waals surface area contributed by atoms with E-state index in [1.807, 2.05) is 13.0 Å². The molecule has 78 valence electrons. The first kappa shape index (κ1) is 11.3. The molecule has 1 heteroatoms. The van der Waals surface area contributed by atoms with Crippen molar-refractivity contribution in [2.45, 2.75) is 45.1 Å². The Bertz CT molecular complexity index is 243. The Hall–Kier alpha value is -0.820. The maximum absolute atomic E-state index is 9.62. The minimum Gasteiger partial charge on any atom is -0.393 e. The van der Waals surface area contributed by atoms with Crippen LogP contribution in [-0.2, 0) is 0 Å². The van der Waals surface area contributed by atoms with Crippen molar-refractivity contribution in [3.8, 4) is 0 Å². The Kier molecular flexibility index (Phi) is 4.68. The van der Waals surface area contributed by atoms with Gasteiger partial charge >= 0.3 is 0 Å². The third-order valence-corrected chi connectivity index (χ3v) is 2.79. The van der Waals surface area contributed by atoms with E-state index in [1.54, 1.807) is 0 Å². The third kappa shape index (κ3) is 3.15. The smallest absolute Gasteiger partial charge is 0.0543 e. The van der Waals surface area contributed by atoms with Gasteiger partial charge in [0.15, 0.2) is 0 Å². The van der Waals surface area contributed by atoms with Gasteiger partial charge in [0.05, 0.1) is 6.10 Å². The molecule has 0 fully saturated rings. The minimum absolute atomic E-state index is 0.153. The number of aliphatic hydroxyl groups excluding tert-OH is 1. The summed E-state index contributed by atoms with van der Waals surface area (Å²) in [4.78, 5) is 0. The summed E-state index contributed by atoms with van der Waals surface area (Å²) >= 11 is 0. The van der Waals surface area contributed by atoms with Crippen molar-refractivity contribution in [1.82, 2.24) is 0 Å². The van der Waals surface area contributed by atoms with Gasteiger partial charge in [-0.05, 0) is 30.7 Å². The second kappa shape index (κ2) is 5.82. The van der Waals surface area contributed by atoms with Crippen molar-refractivity contribution in [3.05, 3.63) is 35.9 Å². The molecule has 0 aliphatic heterocycles. The molecule has 1 rings (SSSR count). The van der Waals surface area contributed by atoms with Crippen LogP contribution >= 0.6 is 0 Å². The van der Waals surface area contributed by atoms with E-state index in [0.717, 1.165) is 19.3 Å². The standard InChI is InChI=1S/C13H20O/c1-3-11(10-13(14)4-2)12-8-6-5-7-9-12/h5-9,11,13-14H,3-4,10H2,1-2H3. The molecular weight excluding hydrogens is 172 g/mol. The van der Waals surface area contributed by atoms with Gasteiger partial charge in [0.1, 0.15) is 0 Å². The molecule has 0 saturated heterocycles. The average molecular weight is 192 g/mol. The summed E-state index contributed by atoms with van der Waals surface area (Å²) in [5.74, 6) is 0.506. The molecule has 0 aromatic heterocycles. The molecule has 2 unspecified atom stereocenters. The number of hydrogen-bond donors (Lipinski definition) is 1. The molecule has 1 aromatic carbocycles. The van der Waals surface area contributed by atoms with Crippen molar-refractivity contribution >= 4 is 0 Å². The molecule has 0 radical (unpaired) electrons. The van der Waals surface area contributed by atoms with Crippen LogP contribution in [0.2, 0.25) is 0 Å². The largest absolute Gasteiger partial charge is 0.393 e. The first-order chi connectivity index (χ1) is 6.77. The highest BCUT2D eigenvalue weighted by molar-refractivity contribution is 5.19. The lowest BCUT2D eigenvalue weighted by atomic mass is 9.90. The predicted octanol–water partition coefficient (Wildman–Crippen LogP) is 3.34. The lowest BCUT2D eigenvalue weighted by molar-refractivity contribution is 0.150. The summed E-state index contributed by atoms with van der Waals surface area (Å²) in [6.45, 7) is 4.21. The Morgan fingerprint density at radius 1 is 1.07 bits per heavy atom. The Morgan fingerprint density at radius 2 is 1.71 bits per heavy atom. The lowest BCUT2D eigenvalue weighted by Gasteiger charge is -2.18. The molecule has 0 aliphatic carbocycles. The molecule has 0 saturated carbocycles. The minimum atomic E-state index is -0.153. The number of benzene rings is 1. The molecule has 0 spiro atoms. The summed E-state index contributed by atoms with van der Waals surface area (Å²) in [7, 11) is 0. The molecule has 14 heavy (non-hydrogen) atoms. The van der Waals surface area contributed by atoms with Crippen LogP contribution < -0.4 is 0 Å². The van der Waals surface area contributed by atoms with Crippen LogP contribution in [0.3, 0.4) is 0 Å². The quantitative estimate of drug-likeness (QED) is 0.758. The van der Waals surface area contributed by atoms with Crippen molar-refractivity contribution in [3.63, 3.8) is 0 Å².